The third-order valence-electron chi connectivity index (χ3n) is 3.47. The van der Waals surface area contributed by atoms with E-state index in [1.807, 2.05) is 22.6 Å². The van der Waals surface area contributed by atoms with Gasteiger partial charge >= 0.3 is 0 Å². The number of fused-ring (bicyclic) bond motifs is 3. The average molecular weight is 324 g/mol. The van der Waals surface area contributed by atoms with Crippen LogP contribution in [0.3, 0.4) is 0 Å². The highest BCUT2D eigenvalue weighted by Gasteiger charge is 2.14. The minimum atomic E-state index is -0.242. The summed E-state index contributed by atoms with van der Waals surface area (Å²) in [6.45, 7) is 0. The first-order valence-corrected chi connectivity index (χ1v) is 7.73. The largest absolute Gasteiger partial charge is 0.497 e. The van der Waals surface area contributed by atoms with Gasteiger partial charge in [0.15, 0.2) is 4.96 Å². The maximum atomic E-state index is 12.3. The average Bonchev–Trinajstić information content (AvgIpc) is 3.12. The Kier molecular flexibility index (Phi) is 3.20. The third kappa shape index (κ3) is 2.40. The summed E-state index contributed by atoms with van der Waals surface area (Å²) in [5.74, 6) is 0.561. The molecule has 0 bridgehead atoms. The fourth-order valence-electron chi connectivity index (χ4n) is 2.35. The molecule has 0 radical (unpaired) electrons. The van der Waals surface area contributed by atoms with Gasteiger partial charge in [0.2, 0.25) is 0 Å². The molecule has 1 N–H and O–H groups in total. The van der Waals surface area contributed by atoms with Crippen LogP contribution in [0.5, 0.6) is 5.75 Å². The Balaban J connectivity index is 1.70. The minimum Gasteiger partial charge on any atom is -0.497 e. The fourth-order valence-corrected chi connectivity index (χ4v) is 3.38. The number of imidazole rings is 1. The molecule has 1 aromatic carbocycles. The summed E-state index contributed by atoms with van der Waals surface area (Å²) < 4.78 is 8.21. The molecule has 114 valence electrons. The Morgan fingerprint density at radius 2 is 2.09 bits per heavy atom. The molecule has 0 unspecified atom stereocenters. The third-order valence-corrected chi connectivity index (χ3v) is 4.49. The number of hydrogen-bond acceptors (Lipinski definition) is 5. The van der Waals surface area contributed by atoms with E-state index in [0.717, 1.165) is 20.9 Å². The number of pyridine rings is 1. The normalized spacial score (nSPS) is 11.0. The second kappa shape index (κ2) is 5.36. The molecule has 6 nitrogen and oxygen atoms in total. The Hall–Kier alpha value is -2.93. The molecule has 3 aromatic heterocycles. The standard InChI is InChI=1S/C16H12N4O2S/c1-22-11-2-3-13-14(8-11)23-16-19-12(9-20(13)16)15(21)18-10-4-6-17-7-5-10/h2-9H,1H3,(H,17,18,21). The van der Waals surface area contributed by atoms with Crippen LogP contribution in [0.25, 0.3) is 15.2 Å². The van der Waals surface area contributed by atoms with E-state index in [0.29, 0.717) is 11.4 Å². The van der Waals surface area contributed by atoms with Crippen LogP contribution in [0.4, 0.5) is 5.69 Å². The van der Waals surface area contributed by atoms with E-state index in [9.17, 15) is 4.79 Å². The van der Waals surface area contributed by atoms with E-state index in [-0.39, 0.29) is 5.91 Å². The number of benzene rings is 1. The molecule has 0 aliphatic rings. The Bertz CT molecular complexity index is 1010. The summed E-state index contributed by atoms with van der Waals surface area (Å²) in [7, 11) is 1.64. The first-order chi connectivity index (χ1) is 11.2. The minimum absolute atomic E-state index is 0.242. The lowest BCUT2D eigenvalue weighted by Crippen LogP contribution is -2.12. The van der Waals surface area contributed by atoms with Crippen LogP contribution in [-0.4, -0.2) is 27.4 Å². The number of methoxy groups -OCH3 is 1. The van der Waals surface area contributed by atoms with E-state index in [4.69, 9.17) is 4.74 Å². The second-order valence-corrected chi connectivity index (χ2v) is 5.91. The molecule has 0 saturated carbocycles. The van der Waals surface area contributed by atoms with E-state index in [1.54, 1.807) is 37.8 Å². The van der Waals surface area contributed by atoms with Crippen molar-refractivity contribution in [1.82, 2.24) is 14.4 Å². The molecule has 1 amide bonds. The molecule has 0 spiro atoms. The van der Waals surface area contributed by atoms with Gasteiger partial charge in [-0.1, -0.05) is 11.3 Å². The maximum absolute atomic E-state index is 12.3. The molecule has 0 aliphatic heterocycles. The van der Waals surface area contributed by atoms with Crippen LogP contribution in [0.15, 0.2) is 48.9 Å². The van der Waals surface area contributed by atoms with Crippen LogP contribution in [0.2, 0.25) is 0 Å². The summed E-state index contributed by atoms with van der Waals surface area (Å²) in [5.41, 5.74) is 2.07. The fraction of sp³-hybridized carbons (Fsp3) is 0.0625. The summed E-state index contributed by atoms with van der Waals surface area (Å²) in [6.07, 6.45) is 5.00. The van der Waals surface area contributed by atoms with Crippen LogP contribution < -0.4 is 10.1 Å². The van der Waals surface area contributed by atoms with Gasteiger partial charge < -0.3 is 10.1 Å². The lowest BCUT2D eigenvalue weighted by atomic mass is 10.3. The van der Waals surface area contributed by atoms with Crippen molar-refractivity contribution in [1.29, 1.82) is 0 Å². The first-order valence-electron chi connectivity index (χ1n) is 6.91. The van der Waals surface area contributed by atoms with Gasteiger partial charge in [-0.25, -0.2) is 4.98 Å². The summed E-state index contributed by atoms with van der Waals surface area (Å²) in [6, 6.07) is 9.29. The van der Waals surface area contributed by atoms with Gasteiger partial charge in [0, 0.05) is 24.3 Å². The van der Waals surface area contributed by atoms with E-state index < -0.39 is 0 Å². The zero-order chi connectivity index (χ0) is 15.8. The number of nitrogens with zero attached hydrogens (tertiary/aromatic N) is 3. The Labute approximate surface area is 135 Å². The maximum Gasteiger partial charge on any atom is 0.275 e. The van der Waals surface area contributed by atoms with Gasteiger partial charge in [-0.3, -0.25) is 14.2 Å². The Morgan fingerprint density at radius 3 is 2.87 bits per heavy atom. The topological polar surface area (TPSA) is 68.5 Å². The predicted octanol–water partition coefficient (Wildman–Crippen LogP) is 3.20. The van der Waals surface area contributed by atoms with Crippen LogP contribution in [0.1, 0.15) is 10.5 Å². The van der Waals surface area contributed by atoms with Gasteiger partial charge in [0.1, 0.15) is 11.4 Å². The highest BCUT2D eigenvalue weighted by Crippen LogP contribution is 2.29. The predicted molar refractivity (Wildman–Crippen MR) is 89.3 cm³/mol. The molecule has 23 heavy (non-hydrogen) atoms. The van der Waals surface area contributed by atoms with Gasteiger partial charge in [-0.05, 0) is 30.3 Å². The van der Waals surface area contributed by atoms with E-state index in [1.165, 1.54) is 11.3 Å². The van der Waals surface area contributed by atoms with Gasteiger partial charge in [0.25, 0.3) is 5.91 Å². The molecule has 0 aliphatic carbocycles. The second-order valence-electron chi connectivity index (χ2n) is 4.90. The summed E-state index contributed by atoms with van der Waals surface area (Å²) >= 11 is 1.52. The van der Waals surface area contributed by atoms with Gasteiger partial charge in [-0.2, -0.15) is 0 Å². The molecule has 7 heteroatoms. The number of ether oxygens (including phenoxy) is 1. The number of aromatic nitrogens is 3. The molecule has 0 fully saturated rings. The first kappa shape index (κ1) is 13.7. The van der Waals surface area contributed by atoms with Gasteiger partial charge in [0.05, 0.1) is 17.3 Å². The lowest BCUT2D eigenvalue weighted by Gasteiger charge is -2.01. The zero-order valence-corrected chi connectivity index (χ0v) is 13.0. The number of carbonyl (C=O) groups is 1. The monoisotopic (exact) mass is 324 g/mol. The molecular formula is C16H12N4O2S. The number of nitrogens with one attached hydrogen (secondary N) is 1. The quantitative estimate of drug-likeness (QED) is 0.628. The highest BCUT2D eigenvalue weighted by atomic mass is 32.1. The molecule has 4 rings (SSSR count). The highest BCUT2D eigenvalue weighted by molar-refractivity contribution is 7.23. The van der Waals surface area contributed by atoms with Crippen molar-refractivity contribution in [3.63, 3.8) is 0 Å². The number of thiazole rings is 1. The lowest BCUT2D eigenvalue weighted by molar-refractivity contribution is 0.102. The van der Waals surface area contributed by atoms with Crippen LogP contribution in [-0.2, 0) is 0 Å². The van der Waals surface area contributed by atoms with Crippen molar-refractivity contribution in [2.75, 3.05) is 12.4 Å². The molecule has 0 saturated heterocycles. The summed E-state index contributed by atoms with van der Waals surface area (Å²) in [5, 5.41) is 2.81. The number of hydrogen-bond donors (Lipinski definition) is 1. The van der Waals surface area contributed by atoms with E-state index >= 15 is 0 Å². The van der Waals surface area contributed by atoms with Gasteiger partial charge in [-0.15, -0.1) is 0 Å². The zero-order valence-electron chi connectivity index (χ0n) is 12.2. The molecular weight excluding hydrogens is 312 g/mol. The van der Waals surface area contributed by atoms with Crippen molar-refractivity contribution in [3.8, 4) is 5.75 Å². The van der Waals surface area contributed by atoms with E-state index in [2.05, 4.69) is 15.3 Å². The smallest absolute Gasteiger partial charge is 0.275 e. The van der Waals surface area contributed by atoms with Crippen molar-refractivity contribution < 1.29 is 9.53 Å². The number of carbonyl (C=O) groups excluding carboxylic acids is 1. The molecule has 4 aromatic rings. The summed E-state index contributed by atoms with van der Waals surface area (Å²) in [4.78, 5) is 21.4. The number of anilines is 1. The molecule has 3 heterocycles. The van der Waals surface area contributed by atoms with Crippen molar-refractivity contribution in [2.45, 2.75) is 0 Å². The van der Waals surface area contributed by atoms with Crippen molar-refractivity contribution >= 4 is 38.1 Å². The Morgan fingerprint density at radius 1 is 1.26 bits per heavy atom. The van der Waals surface area contributed by atoms with Crippen molar-refractivity contribution in [3.05, 3.63) is 54.6 Å². The van der Waals surface area contributed by atoms with Crippen LogP contribution in [0, 0.1) is 0 Å². The van der Waals surface area contributed by atoms with Crippen molar-refractivity contribution in [2.24, 2.45) is 0 Å². The number of amides is 1. The molecule has 0 atom stereocenters. The SMILES string of the molecule is COc1ccc2c(c1)sc1nc(C(=O)Nc3ccncc3)cn12. The van der Waals surface area contributed by atoms with Crippen LogP contribution >= 0.6 is 11.3 Å². The number of rotatable bonds is 3.